The first-order chi connectivity index (χ1) is 17.6. The number of benzene rings is 3. The highest BCUT2D eigenvalue weighted by molar-refractivity contribution is 7.22. The van der Waals surface area contributed by atoms with Gasteiger partial charge in [0.15, 0.2) is 5.13 Å². The van der Waals surface area contributed by atoms with E-state index in [1.807, 2.05) is 65.6 Å². The third-order valence-electron chi connectivity index (χ3n) is 6.79. The van der Waals surface area contributed by atoms with Crippen LogP contribution >= 0.6 is 11.3 Å². The van der Waals surface area contributed by atoms with Gasteiger partial charge in [0.2, 0.25) is 5.91 Å². The van der Waals surface area contributed by atoms with Gasteiger partial charge in [0, 0.05) is 26.2 Å². The zero-order chi connectivity index (χ0) is 24.9. The summed E-state index contributed by atoms with van der Waals surface area (Å²) in [6, 6.07) is 24.5. The molecule has 1 saturated heterocycles. The zero-order valence-electron chi connectivity index (χ0n) is 21.0. The molecular weight excluding hydrogens is 466 g/mol. The summed E-state index contributed by atoms with van der Waals surface area (Å²) in [5.41, 5.74) is 5.35. The highest BCUT2D eigenvalue weighted by atomic mass is 32.1. The molecule has 0 radical (unpaired) electrons. The molecule has 2 heterocycles. The van der Waals surface area contributed by atoms with E-state index in [0.717, 1.165) is 71.3 Å². The summed E-state index contributed by atoms with van der Waals surface area (Å²) in [6.07, 6.45) is 0.885. The van der Waals surface area contributed by atoms with E-state index in [1.54, 1.807) is 11.3 Å². The molecular formula is C30H33N3O2S. The lowest BCUT2D eigenvalue weighted by molar-refractivity contribution is -0.119. The Morgan fingerprint density at radius 1 is 1.00 bits per heavy atom. The maximum atomic E-state index is 14.4. The van der Waals surface area contributed by atoms with Gasteiger partial charge in [0.25, 0.3) is 0 Å². The molecule has 5 rings (SSSR count). The summed E-state index contributed by atoms with van der Waals surface area (Å²) in [7, 11) is 0. The standard InChI is InChI=1S/C30H33N3O2S/c1-22-20-23(2)28-26(21-22)36-30(31-28)33(15-9-14-32-16-18-35-19-17-32)29(34)27(24-10-5-3-6-11-24)25-12-7-4-8-13-25/h3-8,10-13,20-21,27H,9,14-19H2,1-2H3. The molecule has 0 aliphatic carbocycles. The lowest BCUT2D eigenvalue weighted by atomic mass is 9.90. The second-order valence-corrected chi connectivity index (χ2v) is 10.5. The number of hydrogen-bond acceptors (Lipinski definition) is 5. The lowest BCUT2D eigenvalue weighted by Gasteiger charge is -2.29. The van der Waals surface area contributed by atoms with Crippen molar-refractivity contribution in [3.05, 3.63) is 95.1 Å². The fraction of sp³-hybridized carbons (Fsp3) is 0.333. The Bertz CT molecular complexity index is 1260. The van der Waals surface area contributed by atoms with Crippen LogP contribution in [0, 0.1) is 13.8 Å². The summed E-state index contributed by atoms with van der Waals surface area (Å²) in [5, 5.41) is 0.780. The second-order valence-electron chi connectivity index (χ2n) is 9.48. The van der Waals surface area contributed by atoms with Crippen molar-refractivity contribution in [3.8, 4) is 0 Å². The number of nitrogens with zero attached hydrogens (tertiary/aromatic N) is 3. The Morgan fingerprint density at radius 2 is 1.64 bits per heavy atom. The van der Waals surface area contributed by atoms with Gasteiger partial charge in [-0.15, -0.1) is 0 Å². The normalized spacial score (nSPS) is 14.4. The van der Waals surface area contributed by atoms with Gasteiger partial charge >= 0.3 is 0 Å². The molecule has 0 saturated carbocycles. The van der Waals surface area contributed by atoms with Crippen LogP contribution in [-0.2, 0) is 9.53 Å². The number of anilines is 1. The van der Waals surface area contributed by atoms with Crippen molar-refractivity contribution < 1.29 is 9.53 Å². The Balaban J connectivity index is 1.50. The molecule has 6 heteroatoms. The maximum Gasteiger partial charge on any atom is 0.240 e. The molecule has 1 aliphatic heterocycles. The quantitative estimate of drug-likeness (QED) is 0.307. The number of hydrogen-bond donors (Lipinski definition) is 0. The average molecular weight is 500 g/mol. The summed E-state index contributed by atoms with van der Waals surface area (Å²) in [5.74, 6) is -0.312. The number of carbonyl (C=O) groups excluding carboxylic acids is 1. The third-order valence-corrected chi connectivity index (χ3v) is 7.81. The molecule has 1 amide bonds. The minimum Gasteiger partial charge on any atom is -0.379 e. The van der Waals surface area contributed by atoms with Crippen molar-refractivity contribution in [1.82, 2.24) is 9.88 Å². The summed E-state index contributed by atoms with van der Waals surface area (Å²) in [4.78, 5) is 23.8. The highest BCUT2D eigenvalue weighted by Crippen LogP contribution is 2.35. The number of aryl methyl sites for hydroxylation is 2. The molecule has 0 spiro atoms. The van der Waals surface area contributed by atoms with Gasteiger partial charge in [-0.1, -0.05) is 78.1 Å². The van der Waals surface area contributed by atoms with Crippen LogP contribution < -0.4 is 4.90 Å². The van der Waals surface area contributed by atoms with E-state index in [9.17, 15) is 4.79 Å². The van der Waals surface area contributed by atoms with Gasteiger partial charge in [-0.05, 0) is 48.6 Å². The number of ether oxygens (including phenoxy) is 1. The van der Waals surface area contributed by atoms with Gasteiger partial charge in [-0.25, -0.2) is 4.98 Å². The average Bonchev–Trinajstić information content (AvgIpc) is 3.32. The first-order valence-electron chi connectivity index (χ1n) is 12.7. The molecule has 1 aliphatic rings. The van der Waals surface area contributed by atoms with Crippen molar-refractivity contribution >= 4 is 32.6 Å². The van der Waals surface area contributed by atoms with Crippen LogP contribution in [0.5, 0.6) is 0 Å². The van der Waals surface area contributed by atoms with Crippen LogP contribution in [0.1, 0.15) is 34.6 Å². The number of carbonyl (C=O) groups is 1. The minimum absolute atomic E-state index is 0.0720. The maximum absolute atomic E-state index is 14.4. The van der Waals surface area contributed by atoms with E-state index in [4.69, 9.17) is 9.72 Å². The van der Waals surface area contributed by atoms with E-state index in [2.05, 4.69) is 30.9 Å². The molecule has 3 aromatic carbocycles. The molecule has 0 N–H and O–H groups in total. The highest BCUT2D eigenvalue weighted by Gasteiger charge is 2.30. The first kappa shape index (κ1) is 24.6. The van der Waals surface area contributed by atoms with Crippen molar-refractivity contribution in [2.75, 3.05) is 44.3 Å². The van der Waals surface area contributed by atoms with Crippen molar-refractivity contribution in [3.63, 3.8) is 0 Å². The van der Waals surface area contributed by atoms with Crippen molar-refractivity contribution in [1.29, 1.82) is 0 Å². The van der Waals surface area contributed by atoms with Crippen LogP contribution in [0.2, 0.25) is 0 Å². The first-order valence-corrected chi connectivity index (χ1v) is 13.5. The molecule has 1 aromatic heterocycles. The molecule has 0 bridgehead atoms. The summed E-state index contributed by atoms with van der Waals surface area (Å²) in [6.45, 7) is 9.24. The number of amides is 1. The molecule has 186 valence electrons. The van der Waals surface area contributed by atoms with E-state index >= 15 is 0 Å². The van der Waals surface area contributed by atoms with Gasteiger partial charge in [-0.3, -0.25) is 14.6 Å². The van der Waals surface area contributed by atoms with Crippen LogP contribution in [0.4, 0.5) is 5.13 Å². The van der Waals surface area contributed by atoms with E-state index in [0.29, 0.717) is 6.54 Å². The third kappa shape index (κ3) is 5.51. The minimum atomic E-state index is -0.384. The van der Waals surface area contributed by atoms with Crippen LogP contribution in [0.3, 0.4) is 0 Å². The largest absolute Gasteiger partial charge is 0.379 e. The zero-order valence-corrected chi connectivity index (χ0v) is 21.8. The van der Waals surface area contributed by atoms with E-state index in [1.165, 1.54) is 5.56 Å². The Morgan fingerprint density at radius 3 is 2.28 bits per heavy atom. The molecule has 36 heavy (non-hydrogen) atoms. The topological polar surface area (TPSA) is 45.7 Å². The number of morpholine rings is 1. The Kier molecular flexibility index (Phi) is 7.75. The fourth-order valence-electron chi connectivity index (χ4n) is 4.98. The Hall–Kier alpha value is -3.06. The monoisotopic (exact) mass is 499 g/mol. The second kappa shape index (κ2) is 11.3. The number of fused-ring (bicyclic) bond motifs is 1. The van der Waals surface area contributed by atoms with Gasteiger partial charge in [-0.2, -0.15) is 0 Å². The molecule has 4 aromatic rings. The van der Waals surface area contributed by atoms with Gasteiger partial charge < -0.3 is 4.74 Å². The lowest BCUT2D eigenvalue weighted by Crippen LogP contribution is -2.40. The molecule has 1 fully saturated rings. The molecule has 0 atom stereocenters. The van der Waals surface area contributed by atoms with E-state index < -0.39 is 0 Å². The van der Waals surface area contributed by atoms with Gasteiger partial charge in [0.05, 0.1) is 29.3 Å². The molecule has 5 nitrogen and oxygen atoms in total. The fourth-order valence-corrected chi connectivity index (χ4v) is 6.15. The van der Waals surface area contributed by atoms with Crippen molar-refractivity contribution in [2.45, 2.75) is 26.2 Å². The predicted molar refractivity (Wildman–Crippen MR) is 148 cm³/mol. The van der Waals surface area contributed by atoms with Crippen molar-refractivity contribution in [2.24, 2.45) is 0 Å². The summed E-state index contributed by atoms with van der Waals surface area (Å²) < 4.78 is 6.63. The van der Waals surface area contributed by atoms with Crippen LogP contribution in [0.25, 0.3) is 10.2 Å². The molecule has 0 unspecified atom stereocenters. The van der Waals surface area contributed by atoms with E-state index in [-0.39, 0.29) is 11.8 Å². The van der Waals surface area contributed by atoms with Gasteiger partial charge in [0.1, 0.15) is 0 Å². The Labute approximate surface area is 217 Å². The van der Waals surface area contributed by atoms with Crippen LogP contribution in [0.15, 0.2) is 72.8 Å². The number of rotatable bonds is 8. The number of thiazole rings is 1. The smallest absolute Gasteiger partial charge is 0.240 e. The number of aromatic nitrogens is 1. The SMILES string of the molecule is Cc1cc(C)c2nc(N(CCCN3CCOCC3)C(=O)C(c3ccccc3)c3ccccc3)sc2c1. The predicted octanol–water partition coefficient (Wildman–Crippen LogP) is 5.80. The summed E-state index contributed by atoms with van der Waals surface area (Å²) >= 11 is 1.62. The van der Waals surface area contributed by atoms with Crippen LogP contribution in [-0.4, -0.2) is 55.2 Å².